The number of unbranched alkanes of at least 4 members (excludes halogenated alkanes) is 2. The molecule has 0 saturated carbocycles. The first-order chi connectivity index (χ1) is 7.43. The van der Waals surface area contributed by atoms with E-state index in [1.165, 1.54) is 5.56 Å². The van der Waals surface area contributed by atoms with Gasteiger partial charge in [0, 0.05) is 11.5 Å². The van der Waals surface area contributed by atoms with Crippen LogP contribution in [0.1, 0.15) is 24.8 Å². The highest BCUT2D eigenvalue weighted by molar-refractivity contribution is 5.48. The van der Waals surface area contributed by atoms with Gasteiger partial charge in [0.2, 0.25) is 0 Å². The lowest BCUT2D eigenvalue weighted by Gasteiger charge is -1.93. The maximum Gasteiger partial charge on any atom is 0.0258 e. The first kappa shape index (κ1) is 11.3. The molecular weight excluding hydrogens is 186 g/mol. The highest BCUT2D eigenvalue weighted by Crippen LogP contribution is 2.04. The fourth-order valence-electron chi connectivity index (χ4n) is 1.27. The molecule has 0 bridgehead atoms. The van der Waals surface area contributed by atoms with Crippen molar-refractivity contribution in [1.82, 2.24) is 0 Å². The zero-order valence-corrected chi connectivity index (χ0v) is 8.71. The summed E-state index contributed by atoms with van der Waals surface area (Å²) in [5, 5.41) is 3.48. The van der Waals surface area contributed by atoms with Crippen LogP contribution in [0.3, 0.4) is 0 Å². The summed E-state index contributed by atoms with van der Waals surface area (Å²) in [6.07, 6.45) is 7.35. The Hall–Kier alpha value is -1.73. The maximum atomic E-state index is 8.06. The van der Waals surface area contributed by atoms with Gasteiger partial charge in [-0.1, -0.05) is 47.6 Å². The summed E-state index contributed by atoms with van der Waals surface area (Å²) in [5.74, 6) is 0. The van der Waals surface area contributed by atoms with Gasteiger partial charge in [0.25, 0.3) is 0 Å². The number of hydrogen-bond donors (Lipinski definition) is 0. The molecule has 3 nitrogen and oxygen atoms in total. The van der Waals surface area contributed by atoms with Gasteiger partial charge in [0.15, 0.2) is 0 Å². The van der Waals surface area contributed by atoms with Crippen molar-refractivity contribution < 1.29 is 0 Å². The van der Waals surface area contributed by atoms with Crippen LogP contribution in [0.15, 0.2) is 41.5 Å². The van der Waals surface area contributed by atoms with Crippen molar-refractivity contribution in [2.24, 2.45) is 5.11 Å². The minimum Gasteiger partial charge on any atom is -0.0940 e. The minimum atomic E-state index is 0.607. The van der Waals surface area contributed by atoms with Gasteiger partial charge in [-0.25, -0.2) is 0 Å². The second-order valence-electron chi connectivity index (χ2n) is 3.26. The zero-order chi connectivity index (χ0) is 10.8. The summed E-state index contributed by atoms with van der Waals surface area (Å²) < 4.78 is 0. The molecular formula is C12H15N3. The lowest BCUT2D eigenvalue weighted by Crippen LogP contribution is -1.78. The Morgan fingerprint density at radius 1 is 1.20 bits per heavy atom. The first-order valence-corrected chi connectivity index (χ1v) is 5.16. The average Bonchev–Trinajstić information content (AvgIpc) is 2.29. The lowest BCUT2D eigenvalue weighted by atomic mass is 10.1. The van der Waals surface area contributed by atoms with Gasteiger partial charge in [-0.2, -0.15) is 0 Å². The quantitative estimate of drug-likeness (QED) is 0.287. The number of nitrogens with zero attached hydrogens (tertiary/aromatic N) is 3. The monoisotopic (exact) mass is 201 g/mol. The van der Waals surface area contributed by atoms with Gasteiger partial charge in [0.1, 0.15) is 0 Å². The molecule has 1 aromatic rings. The molecule has 15 heavy (non-hydrogen) atoms. The van der Waals surface area contributed by atoms with Crippen molar-refractivity contribution >= 4 is 6.08 Å². The number of azide groups is 1. The molecule has 1 rings (SSSR count). The Labute approximate surface area is 90.1 Å². The van der Waals surface area contributed by atoms with E-state index in [-0.39, 0.29) is 0 Å². The second kappa shape index (κ2) is 7.65. The Morgan fingerprint density at radius 2 is 2.00 bits per heavy atom. The molecule has 0 radical (unpaired) electrons. The molecule has 0 saturated heterocycles. The summed E-state index contributed by atoms with van der Waals surface area (Å²) in [7, 11) is 0. The van der Waals surface area contributed by atoms with Gasteiger partial charge in [0.05, 0.1) is 0 Å². The Kier molecular flexibility index (Phi) is 5.79. The van der Waals surface area contributed by atoms with Crippen molar-refractivity contribution in [3.8, 4) is 0 Å². The topological polar surface area (TPSA) is 48.8 Å². The van der Waals surface area contributed by atoms with E-state index in [1.807, 2.05) is 18.2 Å². The molecule has 0 N–H and O–H groups in total. The van der Waals surface area contributed by atoms with E-state index >= 15 is 0 Å². The summed E-state index contributed by atoms with van der Waals surface area (Å²) >= 11 is 0. The van der Waals surface area contributed by atoms with Crippen LogP contribution in [-0.4, -0.2) is 6.54 Å². The Balaban J connectivity index is 2.15. The van der Waals surface area contributed by atoms with E-state index in [2.05, 4.69) is 34.3 Å². The predicted octanol–water partition coefficient (Wildman–Crippen LogP) is 4.18. The van der Waals surface area contributed by atoms with Crippen LogP contribution in [-0.2, 0) is 0 Å². The van der Waals surface area contributed by atoms with E-state index in [1.54, 1.807) is 0 Å². The molecule has 0 unspecified atom stereocenters. The molecule has 3 heteroatoms. The third-order valence-corrected chi connectivity index (χ3v) is 2.05. The van der Waals surface area contributed by atoms with Gasteiger partial charge < -0.3 is 0 Å². The van der Waals surface area contributed by atoms with Crippen LogP contribution in [0, 0.1) is 0 Å². The fourth-order valence-corrected chi connectivity index (χ4v) is 1.27. The summed E-state index contributed by atoms with van der Waals surface area (Å²) in [5.41, 5.74) is 9.29. The number of rotatable bonds is 6. The molecule has 1 aromatic carbocycles. The van der Waals surface area contributed by atoms with Crippen LogP contribution < -0.4 is 0 Å². The van der Waals surface area contributed by atoms with Crippen LogP contribution in [0.2, 0.25) is 0 Å². The van der Waals surface area contributed by atoms with Crippen molar-refractivity contribution in [2.45, 2.75) is 19.3 Å². The van der Waals surface area contributed by atoms with Crippen molar-refractivity contribution in [2.75, 3.05) is 6.54 Å². The number of benzene rings is 1. The number of allylic oxidation sites excluding steroid dienone is 1. The molecule has 78 valence electrons. The molecule has 0 aromatic heterocycles. The highest BCUT2D eigenvalue weighted by atomic mass is 15.1. The van der Waals surface area contributed by atoms with Gasteiger partial charge in [-0.3, -0.25) is 0 Å². The minimum absolute atomic E-state index is 0.607. The predicted molar refractivity (Wildman–Crippen MR) is 63.3 cm³/mol. The first-order valence-electron chi connectivity index (χ1n) is 5.16. The molecule has 0 fully saturated rings. The Bertz CT molecular complexity index is 337. The van der Waals surface area contributed by atoms with Crippen molar-refractivity contribution in [3.05, 3.63) is 52.4 Å². The van der Waals surface area contributed by atoms with E-state index in [9.17, 15) is 0 Å². The van der Waals surface area contributed by atoms with Crippen molar-refractivity contribution in [1.29, 1.82) is 0 Å². The molecule has 0 spiro atoms. The van der Waals surface area contributed by atoms with E-state index in [0.29, 0.717) is 6.54 Å². The van der Waals surface area contributed by atoms with E-state index in [0.717, 1.165) is 19.3 Å². The van der Waals surface area contributed by atoms with Gasteiger partial charge in [-0.05, 0) is 30.4 Å². The van der Waals surface area contributed by atoms with E-state index in [4.69, 9.17) is 5.53 Å². The van der Waals surface area contributed by atoms with Crippen molar-refractivity contribution in [3.63, 3.8) is 0 Å². The van der Waals surface area contributed by atoms with Gasteiger partial charge >= 0.3 is 0 Å². The largest absolute Gasteiger partial charge is 0.0940 e. The molecule has 0 aliphatic rings. The Morgan fingerprint density at radius 3 is 2.73 bits per heavy atom. The van der Waals surface area contributed by atoms with Gasteiger partial charge in [-0.15, -0.1) is 0 Å². The third-order valence-electron chi connectivity index (χ3n) is 2.05. The average molecular weight is 201 g/mol. The smallest absolute Gasteiger partial charge is 0.0258 e. The van der Waals surface area contributed by atoms with Crippen LogP contribution in [0.25, 0.3) is 16.5 Å². The van der Waals surface area contributed by atoms with E-state index < -0.39 is 0 Å². The molecule has 0 amide bonds. The number of hydrogen-bond acceptors (Lipinski definition) is 1. The van der Waals surface area contributed by atoms with Crippen LogP contribution in [0.4, 0.5) is 0 Å². The summed E-state index contributed by atoms with van der Waals surface area (Å²) in [6.45, 7) is 0.607. The molecule has 0 atom stereocenters. The summed E-state index contributed by atoms with van der Waals surface area (Å²) in [4.78, 5) is 2.71. The second-order valence-corrected chi connectivity index (χ2v) is 3.26. The van der Waals surface area contributed by atoms with Crippen LogP contribution >= 0.6 is 0 Å². The lowest BCUT2D eigenvalue weighted by molar-refractivity contribution is 0.756. The molecule has 0 aliphatic carbocycles. The molecule has 0 aliphatic heterocycles. The highest BCUT2D eigenvalue weighted by Gasteiger charge is 1.85. The normalized spacial score (nSPS) is 10.1. The maximum absolute atomic E-state index is 8.06. The third kappa shape index (κ3) is 5.55. The van der Waals surface area contributed by atoms with Crippen LogP contribution in [0.5, 0.6) is 0 Å². The summed E-state index contributed by atoms with van der Waals surface area (Å²) in [6, 6.07) is 10.2. The zero-order valence-electron chi connectivity index (χ0n) is 8.71. The standard InChI is InChI=1S/C12H15N3/c13-15-14-11-7-2-1-4-8-12-9-5-3-6-10-12/h3-6,8-10H,1-2,7,11H2/b8-4+. The fraction of sp³-hybridized carbons (Fsp3) is 0.333. The SMILES string of the molecule is [N-]=[N+]=NCCCC/C=C/c1ccccc1. The molecule has 0 heterocycles.